The van der Waals surface area contributed by atoms with Crippen molar-refractivity contribution in [1.82, 2.24) is 30.9 Å². The topological polar surface area (TPSA) is 101 Å². The maximum atomic E-state index is 11.8. The van der Waals surface area contributed by atoms with Crippen LogP contribution in [0.2, 0.25) is 0 Å². The van der Waals surface area contributed by atoms with Crippen LogP contribution in [0.1, 0.15) is 35.8 Å². The standard InChI is InChI=1S/C12H20N6O2/c1-13-11(19)4-7-15-12(20)10-8-18(17-16-10)9-2-5-14-6-3-9/h8-9,14H,2-7H2,1H3,(H,13,19)(H,15,20). The molecule has 1 saturated heterocycles. The number of hydrogen-bond acceptors (Lipinski definition) is 5. The van der Waals surface area contributed by atoms with Crippen molar-refractivity contribution < 1.29 is 9.59 Å². The van der Waals surface area contributed by atoms with E-state index in [1.54, 1.807) is 17.9 Å². The number of amides is 2. The zero-order valence-corrected chi connectivity index (χ0v) is 11.6. The lowest BCUT2D eigenvalue weighted by molar-refractivity contribution is -0.120. The zero-order chi connectivity index (χ0) is 14.4. The first-order chi connectivity index (χ1) is 9.70. The van der Waals surface area contributed by atoms with Gasteiger partial charge in [0.1, 0.15) is 0 Å². The van der Waals surface area contributed by atoms with E-state index < -0.39 is 0 Å². The van der Waals surface area contributed by atoms with Crippen molar-refractivity contribution in [2.45, 2.75) is 25.3 Å². The summed E-state index contributed by atoms with van der Waals surface area (Å²) in [4.78, 5) is 22.9. The molecule has 1 aromatic rings. The third kappa shape index (κ3) is 3.77. The van der Waals surface area contributed by atoms with Gasteiger partial charge in [-0.2, -0.15) is 0 Å². The molecule has 8 heteroatoms. The molecule has 0 spiro atoms. The maximum absolute atomic E-state index is 11.8. The van der Waals surface area contributed by atoms with Crippen LogP contribution in [0.3, 0.4) is 0 Å². The summed E-state index contributed by atoms with van der Waals surface area (Å²) >= 11 is 0. The lowest BCUT2D eigenvalue weighted by atomic mass is 10.1. The fourth-order valence-electron chi connectivity index (χ4n) is 2.14. The number of carbonyl (C=O) groups is 2. The van der Waals surface area contributed by atoms with E-state index in [4.69, 9.17) is 0 Å². The molecular weight excluding hydrogens is 260 g/mol. The number of carbonyl (C=O) groups excluding carboxylic acids is 2. The van der Waals surface area contributed by atoms with E-state index in [2.05, 4.69) is 26.3 Å². The van der Waals surface area contributed by atoms with Gasteiger partial charge < -0.3 is 16.0 Å². The van der Waals surface area contributed by atoms with Gasteiger partial charge >= 0.3 is 0 Å². The molecule has 110 valence electrons. The SMILES string of the molecule is CNC(=O)CCNC(=O)c1cn(C2CCNCC2)nn1. The van der Waals surface area contributed by atoms with Gasteiger partial charge in [-0.25, -0.2) is 4.68 Å². The predicted molar refractivity (Wildman–Crippen MR) is 72.2 cm³/mol. The Morgan fingerprint density at radius 2 is 2.20 bits per heavy atom. The summed E-state index contributed by atoms with van der Waals surface area (Å²) in [5, 5.41) is 16.3. The van der Waals surface area contributed by atoms with Crippen LogP contribution >= 0.6 is 0 Å². The lowest BCUT2D eigenvalue weighted by Crippen LogP contribution is -2.30. The van der Waals surface area contributed by atoms with Gasteiger partial charge in [-0.3, -0.25) is 9.59 Å². The molecule has 1 aliphatic heterocycles. The Kier molecular flexibility index (Phi) is 5.05. The first kappa shape index (κ1) is 14.4. The van der Waals surface area contributed by atoms with E-state index in [0.29, 0.717) is 18.3 Å². The van der Waals surface area contributed by atoms with Crippen LogP contribution in [0.15, 0.2) is 6.20 Å². The van der Waals surface area contributed by atoms with Crippen LogP contribution in [-0.4, -0.2) is 53.5 Å². The number of nitrogens with zero attached hydrogens (tertiary/aromatic N) is 3. The summed E-state index contributed by atoms with van der Waals surface area (Å²) in [6, 6.07) is 0.302. The number of hydrogen-bond donors (Lipinski definition) is 3. The highest BCUT2D eigenvalue weighted by Crippen LogP contribution is 2.16. The Bertz CT molecular complexity index is 466. The third-order valence-electron chi connectivity index (χ3n) is 3.34. The van der Waals surface area contributed by atoms with E-state index in [1.165, 1.54) is 0 Å². The molecule has 2 amide bonds. The highest BCUT2D eigenvalue weighted by atomic mass is 16.2. The Balaban J connectivity index is 1.84. The second-order valence-corrected chi connectivity index (χ2v) is 4.74. The highest BCUT2D eigenvalue weighted by molar-refractivity contribution is 5.92. The van der Waals surface area contributed by atoms with Crippen LogP contribution in [-0.2, 0) is 4.79 Å². The molecule has 0 bridgehead atoms. The average molecular weight is 280 g/mol. The third-order valence-corrected chi connectivity index (χ3v) is 3.34. The molecule has 1 aromatic heterocycles. The van der Waals surface area contributed by atoms with E-state index in [9.17, 15) is 9.59 Å². The molecule has 2 rings (SSSR count). The largest absolute Gasteiger partial charge is 0.359 e. The maximum Gasteiger partial charge on any atom is 0.273 e. The molecule has 20 heavy (non-hydrogen) atoms. The van der Waals surface area contributed by atoms with Crippen molar-refractivity contribution >= 4 is 11.8 Å². The number of piperidine rings is 1. The van der Waals surface area contributed by atoms with Crippen molar-refractivity contribution in [2.24, 2.45) is 0 Å². The fraction of sp³-hybridized carbons (Fsp3) is 0.667. The quantitative estimate of drug-likeness (QED) is 0.647. The van der Waals surface area contributed by atoms with Gasteiger partial charge in [0.05, 0.1) is 12.2 Å². The normalized spacial score (nSPS) is 15.8. The van der Waals surface area contributed by atoms with Gasteiger partial charge in [0.25, 0.3) is 5.91 Å². The van der Waals surface area contributed by atoms with E-state index in [0.717, 1.165) is 25.9 Å². The van der Waals surface area contributed by atoms with Gasteiger partial charge in [-0.05, 0) is 25.9 Å². The summed E-state index contributed by atoms with van der Waals surface area (Å²) in [6.45, 7) is 2.20. The molecule has 1 aliphatic rings. The minimum atomic E-state index is -0.297. The molecule has 0 aromatic carbocycles. The van der Waals surface area contributed by atoms with Crippen molar-refractivity contribution in [3.8, 4) is 0 Å². The minimum absolute atomic E-state index is 0.108. The first-order valence-electron chi connectivity index (χ1n) is 6.82. The number of aromatic nitrogens is 3. The number of nitrogens with one attached hydrogen (secondary N) is 3. The van der Waals surface area contributed by atoms with Gasteiger partial charge in [-0.15, -0.1) is 5.10 Å². The van der Waals surface area contributed by atoms with Crippen molar-refractivity contribution in [2.75, 3.05) is 26.7 Å². The molecular formula is C12H20N6O2. The van der Waals surface area contributed by atoms with Crippen LogP contribution in [0.25, 0.3) is 0 Å². The summed E-state index contributed by atoms with van der Waals surface area (Å²) in [6.07, 6.45) is 3.90. The Labute approximate surface area is 117 Å². The monoisotopic (exact) mass is 280 g/mol. The van der Waals surface area contributed by atoms with Crippen LogP contribution in [0.4, 0.5) is 0 Å². The van der Waals surface area contributed by atoms with Crippen LogP contribution in [0.5, 0.6) is 0 Å². The smallest absolute Gasteiger partial charge is 0.273 e. The molecule has 0 radical (unpaired) electrons. The van der Waals surface area contributed by atoms with Crippen LogP contribution in [0, 0.1) is 0 Å². The van der Waals surface area contributed by atoms with Crippen molar-refractivity contribution in [1.29, 1.82) is 0 Å². The first-order valence-corrected chi connectivity index (χ1v) is 6.82. The lowest BCUT2D eigenvalue weighted by Gasteiger charge is -2.22. The fourth-order valence-corrected chi connectivity index (χ4v) is 2.14. The Morgan fingerprint density at radius 1 is 1.45 bits per heavy atom. The minimum Gasteiger partial charge on any atom is -0.359 e. The Hall–Kier alpha value is -1.96. The van der Waals surface area contributed by atoms with Crippen LogP contribution < -0.4 is 16.0 Å². The van der Waals surface area contributed by atoms with E-state index in [1.807, 2.05) is 0 Å². The predicted octanol–water partition coefficient (Wildman–Crippen LogP) is -0.931. The zero-order valence-electron chi connectivity index (χ0n) is 11.6. The second kappa shape index (κ2) is 6.99. The molecule has 3 N–H and O–H groups in total. The van der Waals surface area contributed by atoms with Gasteiger partial charge in [0, 0.05) is 20.0 Å². The summed E-state index contributed by atoms with van der Waals surface area (Å²) in [5.41, 5.74) is 0.292. The molecule has 0 saturated carbocycles. The molecule has 8 nitrogen and oxygen atoms in total. The van der Waals surface area contributed by atoms with Crippen molar-refractivity contribution in [3.63, 3.8) is 0 Å². The van der Waals surface area contributed by atoms with E-state index >= 15 is 0 Å². The van der Waals surface area contributed by atoms with Gasteiger partial charge in [0.15, 0.2) is 5.69 Å². The molecule has 0 unspecified atom stereocenters. The average Bonchev–Trinajstić information content (AvgIpc) is 2.97. The summed E-state index contributed by atoms with van der Waals surface area (Å²) < 4.78 is 1.76. The summed E-state index contributed by atoms with van der Waals surface area (Å²) in [5.74, 6) is -0.405. The second-order valence-electron chi connectivity index (χ2n) is 4.74. The Morgan fingerprint density at radius 3 is 2.90 bits per heavy atom. The van der Waals surface area contributed by atoms with Gasteiger partial charge in [-0.1, -0.05) is 5.21 Å². The van der Waals surface area contributed by atoms with Crippen molar-refractivity contribution in [3.05, 3.63) is 11.9 Å². The molecule has 0 atom stereocenters. The summed E-state index contributed by atoms with van der Waals surface area (Å²) in [7, 11) is 1.56. The number of rotatable bonds is 5. The molecule has 1 fully saturated rings. The molecule has 0 aliphatic carbocycles. The highest BCUT2D eigenvalue weighted by Gasteiger charge is 2.18. The van der Waals surface area contributed by atoms with Gasteiger partial charge in [0.2, 0.25) is 5.91 Å². The molecule has 2 heterocycles. The van der Waals surface area contributed by atoms with E-state index in [-0.39, 0.29) is 18.2 Å².